The molecule has 0 saturated heterocycles. The fraction of sp³-hybridized carbons (Fsp3) is 0.391. The van der Waals surface area contributed by atoms with Crippen LogP contribution in [0, 0.1) is 5.92 Å². The molecule has 35 heavy (non-hydrogen) atoms. The van der Waals surface area contributed by atoms with Gasteiger partial charge in [-0.05, 0) is 42.7 Å². The van der Waals surface area contributed by atoms with E-state index in [4.69, 9.17) is 46.4 Å². The number of benzene rings is 2. The van der Waals surface area contributed by atoms with E-state index in [1.54, 1.807) is 31.2 Å². The number of carbonyl (C=O) groups is 2. The normalized spacial score (nSPS) is 12.4. The van der Waals surface area contributed by atoms with Crippen LogP contribution in [0.3, 0.4) is 0 Å². The first-order valence-corrected chi connectivity index (χ1v) is 14.0. The predicted molar refractivity (Wildman–Crippen MR) is 143 cm³/mol. The summed E-state index contributed by atoms with van der Waals surface area (Å²) >= 11 is 24.3. The average molecular weight is 583 g/mol. The third-order valence-corrected chi connectivity index (χ3v) is 7.46. The van der Waals surface area contributed by atoms with Gasteiger partial charge in [-0.1, -0.05) is 72.4 Å². The van der Waals surface area contributed by atoms with Gasteiger partial charge >= 0.3 is 0 Å². The molecule has 0 aliphatic rings. The van der Waals surface area contributed by atoms with Crippen LogP contribution in [0.15, 0.2) is 36.4 Å². The molecule has 0 aromatic heterocycles. The van der Waals surface area contributed by atoms with Crippen LogP contribution in [0.4, 0.5) is 5.69 Å². The number of rotatable bonds is 10. The maximum atomic E-state index is 13.5. The highest BCUT2D eigenvalue weighted by atomic mass is 35.5. The maximum absolute atomic E-state index is 13.5. The quantitative estimate of drug-likeness (QED) is 0.387. The Labute approximate surface area is 226 Å². The summed E-state index contributed by atoms with van der Waals surface area (Å²) in [6, 6.07) is 8.49. The molecule has 0 radical (unpaired) electrons. The fourth-order valence-electron chi connectivity index (χ4n) is 3.12. The largest absolute Gasteiger partial charge is 0.354 e. The van der Waals surface area contributed by atoms with Crippen LogP contribution in [0.5, 0.6) is 0 Å². The molecule has 0 aliphatic heterocycles. The van der Waals surface area contributed by atoms with Crippen molar-refractivity contribution in [1.29, 1.82) is 0 Å². The van der Waals surface area contributed by atoms with Crippen molar-refractivity contribution in [1.82, 2.24) is 10.2 Å². The number of hydrogen-bond acceptors (Lipinski definition) is 4. The first kappa shape index (κ1) is 29.5. The molecule has 12 heteroatoms. The van der Waals surface area contributed by atoms with E-state index in [-0.39, 0.29) is 39.1 Å². The summed E-state index contributed by atoms with van der Waals surface area (Å²) < 4.78 is 26.1. The molecule has 2 amide bonds. The number of hydrogen-bond donors (Lipinski definition) is 1. The van der Waals surface area contributed by atoms with Gasteiger partial charge in [0.05, 0.1) is 27.0 Å². The zero-order chi connectivity index (χ0) is 26.5. The van der Waals surface area contributed by atoms with Crippen molar-refractivity contribution < 1.29 is 18.0 Å². The lowest BCUT2D eigenvalue weighted by molar-refractivity contribution is -0.139. The predicted octanol–water partition coefficient (Wildman–Crippen LogP) is 5.26. The zero-order valence-corrected chi connectivity index (χ0v) is 23.5. The second-order valence-electron chi connectivity index (χ2n) is 8.45. The second-order valence-corrected chi connectivity index (χ2v) is 12.0. The molecule has 0 fully saturated rings. The lowest BCUT2D eigenvalue weighted by atomic mass is 10.1. The fourth-order valence-corrected chi connectivity index (χ4v) is 4.79. The van der Waals surface area contributed by atoms with E-state index in [2.05, 4.69) is 5.32 Å². The highest BCUT2D eigenvalue weighted by Crippen LogP contribution is 2.35. The van der Waals surface area contributed by atoms with E-state index in [9.17, 15) is 18.0 Å². The van der Waals surface area contributed by atoms with Gasteiger partial charge in [-0.3, -0.25) is 13.9 Å². The summed E-state index contributed by atoms with van der Waals surface area (Å²) in [4.78, 5) is 27.6. The molecule has 0 spiro atoms. The monoisotopic (exact) mass is 581 g/mol. The third-order valence-electron chi connectivity index (χ3n) is 5.06. The minimum absolute atomic E-state index is 0.000252. The Kier molecular flexibility index (Phi) is 10.5. The molecular formula is C23H27Cl4N3O4S. The van der Waals surface area contributed by atoms with Gasteiger partial charge in [0.1, 0.15) is 12.6 Å². The molecule has 0 heterocycles. The van der Waals surface area contributed by atoms with Gasteiger partial charge in [0.25, 0.3) is 0 Å². The second kappa shape index (κ2) is 12.5. The molecule has 0 saturated carbocycles. The number of nitrogens with one attached hydrogen (secondary N) is 1. The highest BCUT2D eigenvalue weighted by Gasteiger charge is 2.31. The van der Waals surface area contributed by atoms with Crippen molar-refractivity contribution in [3.8, 4) is 0 Å². The molecule has 192 valence electrons. The number of halogens is 4. The molecule has 1 N–H and O–H groups in total. The Balaban J connectivity index is 2.43. The van der Waals surface area contributed by atoms with Crippen LogP contribution < -0.4 is 9.62 Å². The maximum Gasteiger partial charge on any atom is 0.244 e. The van der Waals surface area contributed by atoms with Crippen molar-refractivity contribution in [3.63, 3.8) is 0 Å². The van der Waals surface area contributed by atoms with Crippen LogP contribution in [0.25, 0.3) is 0 Å². The standard InChI is InChI=1S/C23H27Cl4N3O4S/c1-14(2)11-28-23(32)15(3)29(12-16-5-7-17(24)8-6-16)22(31)13-30(35(4,33)34)21-10-19(26)18(25)9-20(21)27/h5-10,14-15H,11-13H2,1-4H3,(H,28,32). The Hall–Kier alpha value is -1.71. The number of carbonyl (C=O) groups excluding carboxylic acids is 2. The van der Waals surface area contributed by atoms with Crippen LogP contribution in [-0.4, -0.2) is 50.5 Å². The third kappa shape index (κ3) is 8.43. The molecule has 2 aromatic rings. The zero-order valence-electron chi connectivity index (χ0n) is 19.7. The van der Waals surface area contributed by atoms with Gasteiger partial charge in [0.2, 0.25) is 21.8 Å². The summed E-state index contributed by atoms with van der Waals surface area (Å²) in [5.74, 6) is -0.761. The molecule has 2 aromatic carbocycles. The summed E-state index contributed by atoms with van der Waals surface area (Å²) in [7, 11) is -3.96. The van der Waals surface area contributed by atoms with Gasteiger partial charge in [-0.25, -0.2) is 8.42 Å². The molecule has 1 atom stereocenters. The van der Waals surface area contributed by atoms with Crippen LogP contribution >= 0.6 is 46.4 Å². The van der Waals surface area contributed by atoms with Gasteiger partial charge in [-0.15, -0.1) is 0 Å². The number of amides is 2. The lowest BCUT2D eigenvalue weighted by Gasteiger charge is -2.32. The van der Waals surface area contributed by atoms with E-state index in [1.165, 1.54) is 17.0 Å². The first-order chi connectivity index (χ1) is 16.2. The van der Waals surface area contributed by atoms with Crippen LogP contribution in [-0.2, 0) is 26.2 Å². The average Bonchev–Trinajstić information content (AvgIpc) is 2.76. The van der Waals surface area contributed by atoms with Gasteiger partial charge in [-0.2, -0.15) is 0 Å². The van der Waals surface area contributed by atoms with Crippen molar-refractivity contribution in [3.05, 3.63) is 62.1 Å². The first-order valence-electron chi connectivity index (χ1n) is 10.6. The number of nitrogens with zero attached hydrogens (tertiary/aromatic N) is 2. The Morgan fingerprint density at radius 3 is 2.06 bits per heavy atom. The highest BCUT2D eigenvalue weighted by molar-refractivity contribution is 7.92. The van der Waals surface area contributed by atoms with Crippen molar-refractivity contribution >= 4 is 73.9 Å². The van der Waals surface area contributed by atoms with E-state index in [0.29, 0.717) is 17.1 Å². The molecule has 1 unspecified atom stereocenters. The minimum atomic E-state index is -3.96. The molecule has 0 aliphatic carbocycles. The van der Waals surface area contributed by atoms with Gasteiger partial charge in [0, 0.05) is 18.1 Å². The minimum Gasteiger partial charge on any atom is -0.354 e. The SMILES string of the molecule is CC(C)CNC(=O)C(C)N(Cc1ccc(Cl)cc1)C(=O)CN(c1cc(Cl)c(Cl)cc1Cl)S(C)(=O)=O. The molecule has 2 rings (SSSR count). The van der Waals surface area contributed by atoms with E-state index in [1.807, 2.05) is 13.8 Å². The lowest BCUT2D eigenvalue weighted by Crippen LogP contribution is -2.51. The van der Waals surface area contributed by atoms with Gasteiger partial charge in [0.15, 0.2) is 0 Å². The van der Waals surface area contributed by atoms with E-state index in [0.717, 1.165) is 10.6 Å². The van der Waals surface area contributed by atoms with Crippen LogP contribution in [0.1, 0.15) is 26.3 Å². The van der Waals surface area contributed by atoms with Crippen LogP contribution in [0.2, 0.25) is 20.1 Å². The summed E-state index contributed by atoms with van der Waals surface area (Å²) in [5, 5.41) is 3.55. The van der Waals surface area contributed by atoms with E-state index >= 15 is 0 Å². The molecular weight excluding hydrogens is 556 g/mol. The number of sulfonamides is 1. The van der Waals surface area contributed by atoms with Crippen molar-refractivity contribution in [2.75, 3.05) is 23.7 Å². The van der Waals surface area contributed by atoms with Crippen molar-refractivity contribution in [2.45, 2.75) is 33.4 Å². The Bertz CT molecular complexity index is 1170. The Morgan fingerprint density at radius 2 is 1.51 bits per heavy atom. The smallest absolute Gasteiger partial charge is 0.244 e. The molecule has 7 nitrogen and oxygen atoms in total. The number of anilines is 1. The topological polar surface area (TPSA) is 86.8 Å². The Morgan fingerprint density at radius 1 is 0.943 bits per heavy atom. The summed E-state index contributed by atoms with van der Waals surface area (Å²) in [6.45, 7) is 5.37. The summed E-state index contributed by atoms with van der Waals surface area (Å²) in [6.07, 6.45) is 0.946. The van der Waals surface area contributed by atoms with E-state index < -0.39 is 28.5 Å². The summed E-state index contributed by atoms with van der Waals surface area (Å²) in [5.41, 5.74) is 0.713. The molecule has 0 bridgehead atoms. The van der Waals surface area contributed by atoms with Gasteiger partial charge < -0.3 is 10.2 Å². The van der Waals surface area contributed by atoms with Crippen molar-refractivity contribution in [2.24, 2.45) is 5.92 Å².